The van der Waals surface area contributed by atoms with Gasteiger partial charge < -0.3 is 18.4 Å². The second kappa shape index (κ2) is 15.2. The van der Waals surface area contributed by atoms with Crippen LogP contribution in [0.2, 0.25) is 6.04 Å². The Hall–Kier alpha value is -2.25. The highest BCUT2D eigenvalue weighted by Gasteiger charge is 2.39. The first-order valence-electron chi connectivity index (χ1n) is 14.0. The van der Waals surface area contributed by atoms with Crippen molar-refractivity contribution >= 4 is 20.8 Å². The maximum atomic E-state index is 10.7. The molecule has 0 radical (unpaired) electrons. The summed E-state index contributed by atoms with van der Waals surface area (Å²) in [5, 5.41) is 8.78. The normalized spacial score (nSPS) is 18.4. The van der Waals surface area contributed by atoms with Crippen LogP contribution in [0.15, 0.2) is 54.6 Å². The van der Waals surface area contributed by atoms with Crippen LogP contribution in [0.1, 0.15) is 82.8 Å². The number of rotatable bonds is 15. The van der Waals surface area contributed by atoms with Gasteiger partial charge >= 0.3 is 14.8 Å². The molecule has 0 amide bonds. The monoisotopic (exact) mass is 524 g/mol. The first kappa shape index (κ1) is 29.3. The van der Waals surface area contributed by atoms with Crippen molar-refractivity contribution < 1.29 is 23.2 Å². The van der Waals surface area contributed by atoms with Crippen LogP contribution >= 0.6 is 0 Å². The van der Waals surface area contributed by atoms with Crippen LogP contribution in [0.5, 0.6) is 0 Å². The van der Waals surface area contributed by atoms with Gasteiger partial charge in [0.25, 0.3) is 0 Å². The fourth-order valence-corrected chi connectivity index (χ4v) is 8.15. The molecule has 1 aliphatic rings. The Labute approximate surface area is 224 Å². The summed E-state index contributed by atoms with van der Waals surface area (Å²) >= 11 is 0. The molecule has 5 nitrogen and oxygen atoms in total. The van der Waals surface area contributed by atoms with E-state index in [9.17, 15) is 4.79 Å². The van der Waals surface area contributed by atoms with E-state index in [2.05, 4.69) is 24.3 Å². The maximum Gasteiger partial charge on any atom is 0.500 e. The number of aliphatic carboxylic acids is 1. The Kier molecular flexibility index (Phi) is 12.1. The molecule has 37 heavy (non-hydrogen) atoms. The lowest BCUT2D eigenvalue weighted by Crippen LogP contribution is -2.45. The van der Waals surface area contributed by atoms with Crippen LogP contribution in [0, 0.1) is 5.92 Å². The molecule has 0 heterocycles. The van der Waals surface area contributed by atoms with Gasteiger partial charge in [0.05, 0.1) is 0 Å². The van der Waals surface area contributed by atoms with Crippen LogP contribution in [0.3, 0.4) is 0 Å². The van der Waals surface area contributed by atoms with Crippen molar-refractivity contribution in [3.8, 4) is 11.1 Å². The lowest BCUT2D eigenvalue weighted by molar-refractivity contribution is -0.131. The number of hydrogen-bond donors (Lipinski definition) is 1. The minimum Gasteiger partial charge on any atom is -0.478 e. The summed E-state index contributed by atoms with van der Waals surface area (Å²) in [6.07, 6.45) is 11.6. The topological polar surface area (TPSA) is 65.0 Å². The molecule has 202 valence electrons. The zero-order chi connectivity index (χ0) is 26.5. The minimum absolute atomic E-state index is 0.649. The average Bonchev–Trinajstić information content (AvgIpc) is 2.91. The quantitative estimate of drug-likeness (QED) is 0.145. The summed E-state index contributed by atoms with van der Waals surface area (Å²) in [6.45, 7) is 8.01. The van der Waals surface area contributed by atoms with Crippen molar-refractivity contribution in [3.05, 3.63) is 65.7 Å². The molecular formula is C31H44O5Si. The molecule has 1 fully saturated rings. The van der Waals surface area contributed by atoms with Crippen molar-refractivity contribution in [2.24, 2.45) is 5.92 Å². The highest BCUT2D eigenvalue weighted by Crippen LogP contribution is 2.38. The summed E-state index contributed by atoms with van der Waals surface area (Å²) in [5.41, 5.74) is 4.67. The Balaban J connectivity index is 1.44. The maximum absolute atomic E-state index is 10.7. The molecule has 0 atom stereocenters. The van der Waals surface area contributed by atoms with Crippen LogP contribution in [0.25, 0.3) is 17.2 Å². The Morgan fingerprint density at radius 1 is 0.838 bits per heavy atom. The summed E-state index contributed by atoms with van der Waals surface area (Å²) in [6, 6.07) is 17.9. The van der Waals surface area contributed by atoms with Crippen molar-refractivity contribution in [2.45, 2.75) is 77.7 Å². The fraction of sp³-hybridized carbons (Fsp3) is 0.516. The highest BCUT2D eigenvalue weighted by atomic mass is 28.4. The molecule has 3 rings (SSSR count). The summed E-state index contributed by atoms with van der Waals surface area (Å²) in [7, 11) is -2.50. The molecule has 1 saturated carbocycles. The van der Waals surface area contributed by atoms with Crippen molar-refractivity contribution in [1.29, 1.82) is 0 Å². The van der Waals surface area contributed by atoms with Crippen LogP contribution < -0.4 is 0 Å². The molecule has 6 heteroatoms. The molecular weight excluding hydrogens is 480 g/mol. The molecule has 0 bridgehead atoms. The molecule has 0 saturated heterocycles. The Morgan fingerprint density at radius 3 is 1.89 bits per heavy atom. The highest BCUT2D eigenvalue weighted by molar-refractivity contribution is 6.60. The van der Waals surface area contributed by atoms with Crippen LogP contribution in [0.4, 0.5) is 0 Å². The molecule has 1 aliphatic carbocycles. The van der Waals surface area contributed by atoms with Crippen LogP contribution in [-0.4, -0.2) is 39.7 Å². The number of benzene rings is 2. The van der Waals surface area contributed by atoms with Gasteiger partial charge in [0.2, 0.25) is 0 Å². The van der Waals surface area contributed by atoms with Gasteiger partial charge in [-0.1, -0.05) is 61.4 Å². The zero-order valence-corrected chi connectivity index (χ0v) is 23.8. The summed E-state index contributed by atoms with van der Waals surface area (Å²) in [5.74, 6) is 0.549. The van der Waals surface area contributed by atoms with E-state index in [4.69, 9.17) is 18.4 Å². The largest absolute Gasteiger partial charge is 0.500 e. The molecule has 0 spiro atoms. The standard InChI is InChI=1S/C31H44O5Si/c1-4-34-37(35-5-2,36-6-3)24-8-7-9-25-10-15-27(16-11-25)29-19-21-30(22-20-29)28-17-12-26(13-18-28)14-23-31(32)33/h12-14,17-23,25,27H,4-11,15-16,24H2,1-3H3,(H,32,33)/b23-14+. The van der Waals surface area contributed by atoms with Gasteiger partial charge in [-0.15, -0.1) is 0 Å². The van der Waals surface area contributed by atoms with Gasteiger partial charge in [-0.3, -0.25) is 0 Å². The Bertz CT molecular complexity index is 945. The molecule has 2 aromatic carbocycles. The lowest BCUT2D eigenvalue weighted by atomic mass is 9.77. The van der Waals surface area contributed by atoms with Crippen LogP contribution in [-0.2, 0) is 18.1 Å². The van der Waals surface area contributed by atoms with E-state index in [1.165, 1.54) is 49.7 Å². The minimum atomic E-state index is -2.50. The predicted molar refractivity (Wildman–Crippen MR) is 153 cm³/mol. The molecule has 2 aromatic rings. The number of carbonyl (C=O) groups is 1. The van der Waals surface area contributed by atoms with Gasteiger partial charge in [0, 0.05) is 31.9 Å². The predicted octanol–water partition coefficient (Wildman–Crippen LogP) is 7.94. The van der Waals surface area contributed by atoms with E-state index < -0.39 is 14.8 Å². The summed E-state index contributed by atoms with van der Waals surface area (Å²) < 4.78 is 18.0. The van der Waals surface area contributed by atoms with Gasteiger partial charge in [-0.25, -0.2) is 4.79 Å². The number of carboxylic acids is 1. The van der Waals surface area contributed by atoms with Gasteiger partial charge in [-0.2, -0.15) is 0 Å². The number of unbranched alkanes of at least 4 members (excludes halogenated alkanes) is 1. The summed E-state index contributed by atoms with van der Waals surface area (Å²) in [4.78, 5) is 10.7. The van der Waals surface area contributed by atoms with Gasteiger partial charge in [-0.05, 0) is 93.0 Å². The van der Waals surface area contributed by atoms with E-state index in [0.29, 0.717) is 25.7 Å². The van der Waals surface area contributed by atoms with E-state index in [1.807, 2.05) is 45.0 Å². The second-order valence-corrected chi connectivity index (χ2v) is 12.6. The number of carboxylic acid groups (broad SMARTS) is 1. The van der Waals surface area contributed by atoms with E-state index in [1.54, 1.807) is 6.08 Å². The van der Waals surface area contributed by atoms with E-state index >= 15 is 0 Å². The first-order valence-corrected chi connectivity index (χ1v) is 15.9. The average molecular weight is 525 g/mol. The third-order valence-corrected chi connectivity index (χ3v) is 10.5. The first-order chi connectivity index (χ1) is 18.0. The van der Waals surface area contributed by atoms with Crippen molar-refractivity contribution in [2.75, 3.05) is 19.8 Å². The SMILES string of the molecule is CCO[Si](CCCCC1CCC(c2ccc(-c3ccc(/C=C/C(=O)O)cc3)cc2)CC1)(OCC)OCC. The molecule has 0 aromatic heterocycles. The van der Waals surface area contributed by atoms with E-state index in [-0.39, 0.29) is 0 Å². The molecule has 1 N–H and O–H groups in total. The third-order valence-electron chi connectivity index (χ3n) is 7.33. The zero-order valence-electron chi connectivity index (χ0n) is 22.8. The van der Waals surface area contributed by atoms with Crippen molar-refractivity contribution in [3.63, 3.8) is 0 Å². The molecule has 0 unspecified atom stereocenters. The van der Waals surface area contributed by atoms with Crippen molar-refractivity contribution in [1.82, 2.24) is 0 Å². The Morgan fingerprint density at radius 2 is 1.38 bits per heavy atom. The number of hydrogen-bond acceptors (Lipinski definition) is 4. The second-order valence-electron chi connectivity index (χ2n) is 9.86. The molecule has 0 aliphatic heterocycles. The fourth-order valence-electron chi connectivity index (χ4n) is 5.46. The lowest BCUT2D eigenvalue weighted by Gasteiger charge is -2.30. The third kappa shape index (κ3) is 9.22. The van der Waals surface area contributed by atoms with Gasteiger partial charge in [0.1, 0.15) is 0 Å². The van der Waals surface area contributed by atoms with E-state index in [0.717, 1.165) is 35.6 Å². The smallest absolute Gasteiger partial charge is 0.478 e. The van der Waals surface area contributed by atoms with Gasteiger partial charge in [0.15, 0.2) is 0 Å².